The summed E-state index contributed by atoms with van der Waals surface area (Å²) >= 11 is 0. The third-order valence-electron chi connectivity index (χ3n) is 4.38. The van der Waals surface area contributed by atoms with Crippen LogP contribution in [0.25, 0.3) is 0 Å². The van der Waals surface area contributed by atoms with Crippen molar-refractivity contribution in [2.75, 3.05) is 13.1 Å². The smallest absolute Gasteiger partial charge is 0.230 e. The largest absolute Gasteiger partial charge is 0.424 e. The lowest BCUT2D eigenvalue weighted by atomic mass is 9.94. The molecule has 2 atom stereocenters. The van der Waals surface area contributed by atoms with Gasteiger partial charge in [0, 0.05) is 18.5 Å². The number of aromatic nitrogens is 2. The first-order valence-electron chi connectivity index (χ1n) is 7.65. The van der Waals surface area contributed by atoms with Gasteiger partial charge in [-0.15, -0.1) is 10.2 Å². The number of nitrogens with zero attached hydrogens (tertiary/aromatic N) is 3. The summed E-state index contributed by atoms with van der Waals surface area (Å²) in [6, 6.07) is 1.31. The van der Waals surface area contributed by atoms with Gasteiger partial charge in [0.15, 0.2) is 0 Å². The van der Waals surface area contributed by atoms with Crippen LogP contribution in [0.5, 0.6) is 0 Å². The van der Waals surface area contributed by atoms with Crippen LogP contribution in [-0.4, -0.2) is 40.3 Å². The Labute approximate surface area is 114 Å². The average molecular weight is 264 g/mol. The van der Waals surface area contributed by atoms with Crippen LogP contribution >= 0.6 is 0 Å². The highest BCUT2D eigenvalue weighted by atomic mass is 16.4. The minimum Gasteiger partial charge on any atom is -0.424 e. The predicted octanol–water partition coefficient (Wildman–Crippen LogP) is 1.74. The third-order valence-corrected chi connectivity index (χ3v) is 4.38. The fraction of sp³-hybridized carbons (Fsp3) is 0.857. The van der Waals surface area contributed by atoms with Crippen molar-refractivity contribution in [3.63, 3.8) is 0 Å². The summed E-state index contributed by atoms with van der Waals surface area (Å²) in [6.07, 6.45) is 7.38. The van der Waals surface area contributed by atoms with E-state index in [2.05, 4.69) is 20.4 Å². The second-order valence-electron chi connectivity index (χ2n) is 5.68. The summed E-state index contributed by atoms with van der Waals surface area (Å²) in [7, 11) is 0. The van der Waals surface area contributed by atoms with Gasteiger partial charge in [-0.1, -0.05) is 13.3 Å². The van der Waals surface area contributed by atoms with E-state index in [0.717, 1.165) is 31.3 Å². The molecule has 0 amide bonds. The number of hydrogen-bond acceptors (Lipinski definition) is 5. The fourth-order valence-corrected chi connectivity index (χ4v) is 3.38. The Hall–Kier alpha value is -0.940. The number of hydrogen-bond donors (Lipinski definition) is 1. The first-order valence-corrected chi connectivity index (χ1v) is 7.65. The topological polar surface area (TPSA) is 54.2 Å². The second-order valence-corrected chi connectivity index (χ2v) is 5.68. The lowest BCUT2D eigenvalue weighted by molar-refractivity contribution is 0.102. The van der Waals surface area contributed by atoms with Crippen LogP contribution in [0.1, 0.15) is 50.8 Å². The van der Waals surface area contributed by atoms with Gasteiger partial charge in [-0.2, -0.15) is 0 Å². The summed E-state index contributed by atoms with van der Waals surface area (Å²) in [6.45, 7) is 5.20. The van der Waals surface area contributed by atoms with Crippen LogP contribution in [0.2, 0.25) is 0 Å². The van der Waals surface area contributed by atoms with Gasteiger partial charge in [0.05, 0.1) is 6.54 Å². The first kappa shape index (κ1) is 13.1. The van der Waals surface area contributed by atoms with E-state index in [1.54, 1.807) is 0 Å². The van der Waals surface area contributed by atoms with Gasteiger partial charge in [0.2, 0.25) is 11.8 Å². The molecule has 0 bridgehead atoms. The minimum atomic E-state index is 0.647. The van der Waals surface area contributed by atoms with Crippen molar-refractivity contribution in [3.8, 4) is 0 Å². The predicted molar refractivity (Wildman–Crippen MR) is 72.7 cm³/mol. The molecule has 3 rings (SSSR count). The Kier molecular flexibility index (Phi) is 4.13. The molecule has 2 saturated heterocycles. The molecular weight excluding hydrogens is 240 g/mol. The molecule has 2 fully saturated rings. The normalized spacial score (nSPS) is 28.9. The molecule has 2 aliphatic rings. The molecule has 5 nitrogen and oxygen atoms in total. The maximum absolute atomic E-state index is 5.66. The molecule has 1 N–H and O–H groups in total. The first-order chi connectivity index (χ1) is 9.36. The number of nitrogens with one attached hydrogen (secondary N) is 1. The van der Waals surface area contributed by atoms with Crippen molar-refractivity contribution < 1.29 is 4.42 Å². The lowest BCUT2D eigenvalue weighted by Crippen LogP contribution is -2.49. The van der Waals surface area contributed by atoms with Crippen molar-refractivity contribution in [2.24, 2.45) is 0 Å². The van der Waals surface area contributed by atoms with Crippen molar-refractivity contribution in [3.05, 3.63) is 11.8 Å². The summed E-state index contributed by atoms with van der Waals surface area (Å²) in [4.78, 5) is 2.54. The highest BCUT2D eigenvalue weighted by Gasteiger charge is 2.32. The molecule has 1 aromatic rings. The Bertz CT molecular complexity index is 400. The molecule has 1 aromatic heterocycles. The van der Waals surface area contributed by atoms with E-state index in [-0.39, 0.29) is 0 Å². The zero-order chi connectivity index (χ0) is 13.1. The van der Waals surface area contributed by atoms with E-state index in [1.807, 2.05) is 6.92 Å². The Morgan fingerprint density at radius 2 is 2.11 bits per heavy atom. The Morgan fingerprint density at radius 3 is 2.84 bits per heavy atom. The van der Waals surface area contributed by atoms with Crippen molar-refractivity contribution >= 4 is 0 Å². The van der Waals surface area contributed by atoms with E-state index >= 15 is 0 Å². The molecule has 2 unspecified atom stereocenters. The molecule has 0 radical (unpaired) electrons. The van der Waals surface area contributed by atoms with E-state index in [9.17, 15) is 0 Å². The van der Waals surface area contributed by atoms with E-state index in [4.69, 9.17) is 4.42 Å². The van der Waals surface area contributed by atoms with Gasteiger partial charge in [0.1, 0.15) is 0 Å². The molecule has 2 aliphatic heterocycles. The molecule has 19 heavy (non-hydrogen) atoms. The highest BCUT2D eigenvalue weighted by molar-refractivity contribution is 4.92. The van der Waals surface area contributed by atoms with Crippen LogP contribution in [0.3, 0.4) is 0 Å². The van der Waals surface area contributed by atoms with Crippen LogP contribution in [-0.2, 0) is 13.0 Å². The maximum Gasteiger partial charge on any atom is 0.230 e. The summed E-state index contributed by atoms with van der Waals surface area (Å²) in [5, 5.41) is 11.9. The van der Waals surface area contributed by atoms with Crippen molar-refractivity contribution in [2.45, 2.75) is 64.1 Å². The molecule has 0 saturated carbocycles. The maximum atomic E-state index is 5.66. The molecule has 3 heterocycles. The SMILES string of the molecule is CCc1nnc(CN2CCCCC2C2CCCN2)o1. The number of aryl methyl sites for hydroxylation is 1. The zero-order valence-electron chi connectivity index (χ0n) is 11.8. The van der Waals surface area contributed by atoms with Gasteiger partial charge in [-0.3, -0.25) is 4.90 Å². The summed E-state index contributed by atoms with van der Waals surface area (Å²) in [5.74, 6) is 1.53. The number of rotatable bonds is 4. The lowest BCUT2D eigenvalue weighted by Gasteiger charge is -2.38. The Balaban J connectivity index is 1.65. The second kappa shape index (κ2) is 6.01. The van der Waals surface area contributed by atoms with Gasteiger partial charge in [-0.05, 0) is 38.8 Å². The fourth-order valence-electron chi connectivity index (χ4n) is 3.38. The monoisotopic (exact) mass is 264 g/mol. The third kappa shape index (κ3) is 2.98. The van der Waals surface area contributed by atoms with Gasteiger partial charge in [-0.25, -0.2) is 0 Å². The van der Waals surface area contributed by atoms with Crippen LogP contribution < -0.4 is 5.32 Å². The standard InChI is InChI=1S/C14H24N4O/c1-2-13-16-17-14(19-13)10-18-9-4-3-7-12(18)11-6-5-8-15-11/h11-12,15H,2-10H2,1H3. The van der Waals surface area contributed by atoms with E-state index in [0.29, 0.717) is 12.1 Å². The van der Waals surface area contributed by atoms with Crippen molar-refractivity contribution in [1.82, 2.24) is 20.4 Å². The number of piperidine rings is 1. The summed E-state index contributed by atoms with van der Waals surface area (Å²) in [5.41, 5.74) is 0. The van der Waals surface area contributed by atoms with Crippen LogP contribution in [0, 0.1) is 0 Å². The van der Waals surface area contributed by atoms with Gasteiger partial charge >= 0.3 is 0 Å². The molecule has 0 aliphatic carbocycles. The zero-order valence-corrected chi connectivity index (χ0v) is 11.8. The minimum absolute atomic E-state index is 0.647. The molecular formula is C14H24N4O. The average Bonchev–Trinajstić information content (AvgIpc) is 3.10. The molecule has 106 valence electrons. The van der Waals surface area contributed by atoms with Crippen LogP contribution in [0.4, 0.5) is 0 Å². The van der Waals surface area contributed by atoms with E-state index < -0.39 is 0 Å². The highest BCUT2D eigenvalue weighted by Crippen LogP contribution is 2.25. The molecule has 0 aromatic carbocycles. The van der Waals surface area contributed by atoms with Crippen LogP contribution in [0.15, 0.2) is 4.42 Å². The Morgan fingerprint density at radius 1 is 1.21 bits per heavy atom. The molecule has 5 heteroatoms. The quantitative estimate of drug-likeness (QED) is 0.897. The summed E-state index contributed by atoms with van der Waals surface area (Å²) < 4.78 is 5.66. The van der Waals surface area contributed by atoms with Gasteiger partial charge < -0.3 is 9.73 Å². The number of likely N-dealkylation sites (tertiary alicyclic amines) is 1. The van der Waals surface area contributed by atoms with E-state index in [1.165, 1.54) is 38.6 Å². The van der Waals surface area contributed by atoms with Crippen molar-refractivity contribution in [1.29, 1.82) is 0 Å². The van der Waals surface area contributed by atoms with Gasteiger partial charge in [0.25, 0.3) is 0 Å². The molecule has 0 spiro atoms.